The molecule has 2 aromatic carbocycles. The lowest BCUT2D eigenvalue weighted by molar-refractivity contribution is 0.730. The summed E-state index contributed by atoms with van der Waals surface area (Å²) in [5, 5.41) is 12.3. The van der Waals surface area contributed by atoms with E-state index < -0.39 is 0 Å². The van der Waals surface area contributed by atoms with Gasteiger partial charge in [0.05, 0.1) is 11.6 Å². The minimum absolute atomic E-state index is 0.702. The first kappa shape index (κ1) is 17.2. The maximum atomic E-state index is 8.80. The van der Waals surface area contributed by atoms with Gasteiger partial charge in [-0.2, -0.15) is 5.26 Å². The van der Waals surface area contributed by atoms with E-state index in [1.54, 1.807) is 11.8 Å². The molecule has 0 fully saturated rings. The highest BCUT2D eigenvalue weighted by atomic mass is 32.2. The van der Waals surface area contributed by atoms with Crippen LogP contribution < -0.4 is 5.32 Å². The Morgan fingerprint density at radius 3 is 2.52 bits per heavy atom. The Balaban J connectivity index is 1.45. The first-order chi connectivity index (χ1) is 12.3. The van der Waals surface area contributed by atoms with E-state index in [0.717, 1.165) is 24.4 Å². The molecular weight excluding hydrogens is 326 g/mol. The number of nitrogens with one attached hydrogen (secondary N) is 1. The average Bonchev–Trinajstić information content (AvgIpc) is 2.69. The van der Waals surface area contributed by atoms with Crippen molar-refractivity contribution >= 4 is 11.8 Å². The van der Waals surface area contributed by atoms with Crippen molar-refractivity contribution < 1.29 is 0 Å². The van der Waals surface area contributed by atoms with Crippen molar-refractivity contribution in [1.82, 2.24) is 10.3 Å². The number of benzene rings is 2. The van der Waals surface area contributed by atoms with Crippen molar-refractivity contribution in [2.75, 3.05) is 12.3 Å². The molecule has 1 heterocycles. The number of thioether (sulfide) groups is 1. The van der Waals surface area contributed by atoms with Crippen molar-refractivity contribution in [3.63, 3.8) is 0 Å². The van der Waals surface area contributed by atoms with E-state index in [-0.39, 0.29) is 0 Å². The molecule has 0 saturated heterocycles. The SMILES string of the molecule is N#Cc1ccc(SCCNCc2cncc(-c3ccccc3)c2)cc1. The summed E-state index contributed by atoms with van der Waals surface area (Å²) in [6.45, 7) is 1.72. The summed E-state index contributed by atoms with van der Waals surface area (Å²) >= 11 is 1.79. The third-order valence-corrected chi connectivity index (χ3v) is 4.78. The first-order valence-corrected chi connectivity index (χ1v) is 9.17. The summed E-state index contributed by atoms with van der Waals surface area (Å²) in [6.07, 6.45) is 3.81. The monoisotopic (exact) mass is 345 g/mol. The Morgan fingerprint density at radius 2 is 1.76 bits per heavy atom. The molecule has 124 valence electrons. The van der Waals surface area contributed by atoms with Crippen LogP contribution in [0.15, 0.2) is 78.0 Å². The van der Waals surface area contributed by atoms with Crippen molar-refractivity contribution in [3.05, 3.63) is 84.2 Å². The zero-order chi connectivity index (χ0) is 17.3. The van der Waals surface area contributed by atoms with Gasteiger partial charge in [-0.3, -0.25) is 4.98 Å². The topological polar surface area (TPSA) is 48.7 Å². The molecule has 0 atom stereocenters. The van der Waals surface area contributed by atoms with Crippen molar-refractivity contribution in [3.8, 4) is 17.2 Å². The molecule has 0 spiro atoms. The Bertz CT molecular complexity index is 839. The fourth-order valence-corrected chi connectivity index (χ4v) is 3.28. The fraction of sp³-hybridized carbons (Fsp3) is 0.143. The van der Waals surface area contributed by atoms with E-state index in [4.69, 9.17) is 5.26 Å². The van der Waals surface area contributed by atoms with E-state index in [0.29, 0.717) is 5.56 Å². The van der Waals surface area contributed by atoms with Gasteiger partial charge in [-0.15, -0.1) is 11.8 Å². The van der Waals surface area contributed by atoms with Crippen LogP contribution in [-0.4, -0.2) is 17.3 Å². The molecule has 0 aliphatic heterocycles. The van der Waals surface area contributed by atoms with Gasteiger partial charge in [0.2, 0.25) is 0 Å². The van der Waals surface area contributed by atoms with Crippen LogP contribution in [0.2, 0.25) is 0 Å². The first-order valence-electron chi connectivity index (χ1n) is 8.18. The number of aromatic nitrogens is 1. The molecule has 1 aromatic heterocycles. The second-order valence-corrected chi connectivity index (χ2v) is 6.78. The number of pyridine rings is 1. The van der Waals surface area contributed by atoms with Gasteiger partial charge in [0.15, 0.2) is 0 Å². The number of hydrogen-bond donors (Lipinski definition) is 1. The number of nitriles is 1. The van der Waals surface area contributed by atoms with Gasteiger partial charge >= 0.3 is 0 Å². The predicted molar refractivity (Wildman–Crippen MR) is 103 cm³/mol. The van der Waals surface area contributed by atoms with Crippen LogP contribution in [-0.2, 0) is 6.54 Å². The lowest BCUT2D eigenvalue weighted by Crippen LogP contribution is -2.16. The summed E-state index contributed by atoms with van der Waals surface area (Å²) in [5.41, 5.74) is 4.22. The summed E-state index contributed by atoms with van der Waals surface area (Å²) in [4.78, 5) is 5.54. The quantitative estimate of drug-likeness (QED) is 0.506. The molecule has 0 aliphatic rings. The van der Waals surface area contributed by atoms with Gasteiger partial charge in [0, 0.05) is 41.7 Å². The molecule has 1 N–H and O–H groups in total. The lowest BCUT2D eigenvalue weighted by atomic mass is 10.1. The maximum Gasteiger partial charge on any atom is 0.0991 e. The molecular formula is C21H19N3S. The van der Waals surface area contributed by atoms with Gasteiger partial charge < -0.3 is 5.32 Å². The number of nitrogens with zero attached hydrogens (tertiary/aromatic N) is 2. The third-order valence-electron chi connectivity index (χ3n) is 3.76. The van der Waals surface area contributed by atoms with Crippen LogP contribution in [0.25, 0.3) is 11.1 Å². The van der Waals surface area contributed by atoms with Crippen molar-refractivity contribution in [2.45, 2.75) is 11.4 Å². The lowest BCUT2D eigenvalue weighted by Gasteiger charge is -2.07. The zero-order valence-corrected chi connectivity index (χ0v) is 14.7. The Labute approximate surface area is 152 Å². The summed E-state index contributed by atoms with van der Waals surface area (Å²) < 4.78 is 0. The van der Waals surface area contributed by atoms with E-state index in [1.165, 1.54) is 16.0 Å². The molecule has 3 rings (SSSR count). The van der Waals surface area contributed by atoms with E-state index in [9.17, 15) is 0 Å². The summed E-state index contributed by atoms with van der Waals surface area (Å²) in [6, 6.07) is 22.3. The Kier molecular flexibility index (Phi) is 6.22. The van der Waals surface area contributed by atoms with Gasteiger partial charge in [-0.1, -0.05) is 30.3 Å². The van der Waals surface area contributed by atoms with Crippen molar-refractivity contribution in [2.24, 2.45) is 0 Å². The van der Waals surface area contributed by atoms with E-state index in [2.05, 4.69) is 34.6 Å². The van der Waals surface area contributed by atoms with Crippen LogP contribution in [0.1, 0.15) is 11.1 Å². The highest BCUT2D eigenvalue weighted by Gasteiger charge is 2.00. The standard InChI is InChI=1S/C21H19N3S/c22-13-17-6-8-21(9-7-17)25-11-10-23-14-18-12-20(16-24-15-18)19-4-2-1-3-5-19/h1-9,12,15-16,23H,10-11,14H2. The van der Waals surface area contributed by atoms with Gasteiger partial charge in [-0.05, 0) is 41.5 Å². The van der Waals surface area contributed by atoms with Gasteiger partial charge in [-0.25, -0.2) is 0 Å². The molecule has 25 heavy (non-hydrogen) atoms. The van der Waals surface area contributed by atoms with Gasteiger partial charge in [0.25, 0.3) is 0 Å². The van der Waals surface area contributed by atoms with Crippen LogP contribution in [0, 0.1) is 11.3 Å². The van der Waals surface area contributed by atoms with Gasteiger partial charge in [0.1, 0.15) is 0 Å². The predicted octanol–water partition coefficient (Wildman–Crippen LogP) is 4.50. The third kappa shape index (κ3) is 5.18. The van der Waals surface area contributed by atoms with E-state index >= 15 is 0 Å². The second kappa shape index (κ2) is 9.03. The highest BCUT2D eigenvalue weighted by Crippen LogP contribution is 2.19. The Morgan fingerprint density at radius 1 is 0.960 bits per heavy atom. The minimum Gasteiger partial charge on any atom is -0.312 e. The van der Waals surface area contributed by atoms with Crippen LogP contribution in [0.4, 0.5) is 0 Å². The molecule has 0 radical (unpaired) electrons. The van der Waals surface area contributed by atoms with Crippen LogP contribution >= 0.6 is 11.8 Å². The molecule has 0 unspecified atom stereocenters. The fourth-order valence-electron chi connectivity index (χ4n) is 2.47. The largest absolute Gasteiger partial charge is 0.312 e. The number of rotatable bonds is 7. The average molecular weight is 345 g/mol. The summed E-state index contributed by atoms with van der Waals surface area (Å²) in [7, 11) is 0. The molecule has 4 heteroatoms. The molecule has 0 aliphatic carbocycles. The van der Waals surface area contributed by atoms with Crippen LogP contribution in [0.3, 0.4) is 0 Å². The maximum absolute atomic E-state index is 8.80. The van der Waals surface area contributed by atoms with Crippen LogP contribution in [0.5, 0.6) is 0 Å². The zero-order valence-electron chi connectivity index (χ0n) is 13.9. The number of hydrogen-bond acceptors (Lipinski definition) is 4. The molecule has 0 bridgehead atoms. The highest BCUT2D eigenvalue weighted by molar-refractivity contribution is 7.99. The smallest absolute Gasteiger partial charge is 0.0991 e. The second-order valence-electron chi connectivity index (χ2n) is 5.61. The van der Waals surface area contributed by atoms with E-state index in [1.807, 2.05) is 54.9 Å². The molecule has 0 amide bonds. The molecule has 0 saturated carbocycles. The Hall–Kier alpha value is -2.61. The minimum atomic E-state index is 0.702. The summed E-state index contributed by atoms with van der Waals surface area (Å²) in [5.74, 6) is 0.984. The molecule has 3 aromatic rings. The molecule has 3 nitrogen and oxygen atoms in total. The normalized spacial score (nSPS) is 10.4. The van der Waals surface area contributed by atoms with Crippen molar-refractivity contribution in [1.29, 1.82) is 5.26 Å².